The highest BCUT2D eigenvalue weighted by Crippen LogP contribution is 2.15. The van der Waals surface area contributed by atoms with E-state index in [1.54, 1.807) is 6.92 Å². The van der Waals surface area contributed by atoms with Crippen molar-refractivity contribution in [1.82, 2.24) is 5.32 Å². The molecule has 1 amide bonds. The molecule has 0 spiro atoms. The van der Waals surface area contributed by atoms with Crippen molar-refractivity contribution in [1.29, 1.82) is 0 Å². The Morgan fingerprint density at radius 3 is 2.58 bits per heavy atom. The summed E-state index contributed by atoms with van der Waals surface area (Å²) >= 11 is 0. The Hall–Kier alpha value is -2.10. The summed E-state index contributed by atoms with van der Waals surface area (Å²) in [5.74, 6) is -0.320. The lowest BCUT2D eigenvalue weighted by molar-refractivity contribution is -0.137. The fourth-order valence-corrected chi connectivity index (χ4v) is 1.65. The Bertz CT molecular complexity index is 449. The van der Waals surface area contributed by atoms with Crippen LogP contribution in [-0.4, -0.2) is 25.5 Å². The first-order chi connectivity index (χ1) is 9.17. The SMILES string of the molecule is CCOC(=O)C=C(C)c1ccc(CCNC=O)cc1. The van der Waals surface area contributed by atoms with Crippen LogP contribution in [-0.2, 0) is 20.7 Å². The van der Waals surface area contributed by atoms with Crippen LogP contribution in [0.3, 0.4) is 0 Å². The lowest BCUT2D eigenvalue weighted by Crippen LogP contribution is -2.14. The van der Waals surface area contributed by atoms with Crippen LogP contribution in [0.4, 0.5) is 0 Å². The maximum atomic E-state index is 11.3. The molecule has 0 bridgehead atoms. The van der Waals surface area contributed by atoms with E-state index in [0.717, 1.165) is 23.1 Å². The minimum Gasteiger partial charge on any atom is -0.463 e. The van der Waals surface area contributed by atoms with E-state index in [1.807, 2.05) is 31.2 Å². The molecular weight excluding hydrogens is 242 g/mol. The Kier molecular flexibility index (Phi) is 6.36. The van der Waals surface area contributed by atoms with Crippen molar-refractivity contribution >= 4 is 18.0 Å². The number of ether oxygens (including phenoxy) is 1. The minimum atomic E-state index is -0.320. The van der Waals surface area contributed by atoms with Gasteiger partial charge in [0.15, 0.2) is 0 Å². The molecule has 0 saturated carbocycles. The molecule has 4 nitrogen and oxygen atoms in total. The van der Waals surface area contributed by atoms with Gasteiger partial charge in [0, 0.05) is 12.6 Å². The predicted octanol–water partition coefficient (Wildman–Crippen LogP) is 1.94. The summed E-state index contributed by atoms with van der Waals surface area (Å²) in [5, 5.41) is 2.62. The van der Waals surface area contributed by atoms with E-state index < -0.39 is 0 Å². The molecule has 0 atom stereocenters. The van der Waals surface area contributed by atoms with Crippen LogP contribution in [0.2, 0.25) is 0 Å². The van der Waals surface area contributed by atoms with Gasteiger partial charge < -0.3 is 10.1 Å². The first-order valence-corrected chi connectivity index (χ1v) is 6.28. The number of esters is 1. The highest BCUT2D eigenvalue weighted by molar-refractivity contribution is 5.90. The number of amides is 1. The predicted molar refractivity (Wildman–Crippen MR) is 74.5 cm³/mol. The normalized spacial score (nSPS) is 10.9. The van der Waals surface area contributed by atoms with Crippen LogP contribution in [0.1, 0.15) is 25.0 Å². The monoisotopic (exact) mass is 261 g/mol. The first kappa shape index (κ1) is 15.0. The van der Waals surface area contributed by atoms with Crippen molar-refractivity contribution in [3.05, 3.63) is 41.5 Å². The van der Waals surface area contributed by atoms with Crippen molar-refractivity contribution < 1.29 is 14.3 Å². The molecule has 4 heteroatoms. The molecule has 0 aliphatic rings. The summed E-state index contributed by atoms with van der Waals surface area (Å²) in [5.41, 5.74) is 3.00. The van der Waals surface area contributed by atoms with Gasteiger partial charge in [-0.1, -0.05) is 24.3 Å². The van der Waals surface area contributed by atoms with Gasteiger partial charge in [0.1, 0.15) is 0 Å². The molecule has 19 heavy (non-hydrogen) atoms. The van der Waals surface area contributed by atoms with E-state index in [0.29, 0.717) is 19.6 Å². The summed E-state index contributed by atoms with van der Waals surface area (Å²) in [7, 11) is 0. The molecule has 0 fully saturated rings. The average molecular weight is 261 g/mol. The Balaban J connectivity index is 2.64. The van der Waals surface area contributed by atoms with Gasteiger partial charge in [0.05, 0.1) is 6.61 Å². The third-order valence-electron chi connectivity index (χ3n) is 2.67. The summed E-state index contributed by atoms with van der Waals surface area (Å²) in [6.45, 7) is 4.66. The number of rotatable bonds is 7. The van der Waals surface area contributed by atoms with Crippen molar-refractivity contribution in [3.63, 3.8) is 0 Å². The van der Waals surface area contributed by atoms with Gasteiger partial charge in [-0.2, -0.15) is 0 Å². The van der Waals surface area contributed by atoms with Gasteiger partial charge in [0.2, 0.25) is 6.41 Å². The van der Waals surface area contributed by atoms with E-state index in [1.165, 1.54) is 6.08 Å². The summed E-state index contributed by atoms with van der Waals surface area (Å²) in [6, 6.07) is 7.90. The second kappa shape index (κ2) is 8.08. The molecule has 0 heterocycles. The first-order valence-electron chi connectivity index (χ1n) is 6.28. The van der Waals surface area contributed by atoms with Crippen molar-refractivity contribution in [2.24, 2.45) is 0 Å². The highest BCUT2D eigenvalue weighted by atomic mass is 16.5. The van der Waals surface area contributed by atoms with Gasteiger partial charge in [-0.25, -0.2) is 4.79 Å². The lowest BCUT2D eigenvalue weighted by Gasteiger charge is -2.05. The van der Waals surface area contributed by atoms with E-state index in [2.05, 4.69) is 5.32 Å². The van der Waals surface area contributed by atoms with Gasteiger partial charge in [-0.15, -0.1) is 0 Å². The fraction of sp³-hybridized carbons (Fsp3) is 0.333. The third kappa shape index (κ3) is 5.38. The molecule has 1 aromatic rings. The Labute approximate surface area is 113 Å². The fourth-order valence-electron chi connectivity index (χ4n) is 1.65. The molecule has 0 aliphatic carbocycles. The van der Waals surface area contributed by atoms with E-state index in [9.17, 15) is 9.59 Å². The number of hydrogen-bond donors (Lipinski definition) is 1. The zero-order valence-electron chi connectivity index (χ0n) is 11.3. The van der Waals surface area contributed by atoms with Crippen molar-refractivity contribution in [3.8, 4) is 0 Å². The second-order valence-corrected chi connectivity index (χ2v) is 4.10. The molecule has 0 unspecified atom stereocenters. The van der Waals surface area contributed by atoms with Crippen LogP contribution in [0, 0.1) is 0 Å². The molecule has 0 saturated heterocycles. The summed E-state index contributed by atoms with van der Waals surface area (Å²) < 4.78 is 4.87. The molecule has 0 aliphatic heterocycles. The number of allylic oxidation sites excluding steroid dienone is 1. The van der Waals surface area contributed by atoms with Crippen LogP contribution >= 0.6 is 0 Å². The number of hydrogen-bond acceptors (Lipinski definition) is 3. The lowest BCUT2D eigenvalue weighted by atomic mass is 10.0. The highest BCUT2D eigenvalue weighted by Gasteiger charge is 2.01. The Morgan fingerprint density at radius 2 is 2.00 bits per heavy atom. The quantitative estimate of drug-likeness (QED) is 0.353. The smallest absolute Gasteiger partial charge is 0.331 e. The third-order valence-corrected chi connectivity index (χ3v) is 2.67. The van der Waals surface area contributed by atoms with Crippen LogP contribution in [0.25, 0.3) is 5.57 Å². The van der Waals surface area contributed by atoms with E-state index in [-0.39, 0.29) is 5.97 Å². The second-order valence-electron chi connectivity index (χ2n) is 4.10. The number of benzene rings is 1. The largest absolute Gasteiger partial charge is 0.463 e. The maximum Gasteiger partial charge on any atom is 0.331 e. The summed E-state index contributed by atoms with van der Waals surface area (Å²) in [4.78, 5) is 21.5. The standard InChI is InChI=1S/C15H19NO3/c1-3-19-15(18)10-12(2)14-6-4-13(5-7-14)8-9-16-11-17/h4-7,10-11H,3,8-9H2,1-2H3,(H,16,17). The zero-order chi connectivity index (χ0) is 14.1. The van der Waals surface area contributed by atoms with Gasteiger partial charge in [-0.05, 0) is 37.0 Å². The molecule has 1 aromatic carbocycles. The Morgan fingerprint density at radius 1 is 1.32 bits per heavy atom. The van der Waals surface area contributed by atoms with E-state index in [4.69, 9.17) is 4.74 Å². The molecule has 1 rings (SSSR count). The molecule has 1 N–H and O–H groups in total. The molecule has 0 radical (unpaired) electrons. The van der Waals surface area contributed by atoms with Crippen molar-refractivity contribution in [2.75, 3.05) is 13.2 Å². The number of carbonyl (C=O) groups is 2. The van der Waals surface area contributed by atoms with Crippen LogP contribution in [0.5, 0.6) is 0 Å². The molecular formula is C15H19NO3. The number of nitrogens with one attached hydrogen (secondary N) is 1. The van der Waals surface area contributed by atoms with Gasteiger partial charge >= 0.3 is 5.97 Å². The average Bonchev–Trinajstić information content (AvgIpc) is 2.40. The van der Waals surface area contributed by atoms with Gasteiger partial charge in [0.25, 0.3) is 0 Å². The van der Waals surface area contributed by atoms with Crippen LogP contribution < -0.4 is 5.32 Å². The topological polar surface area (TPSA) is 55.4 Å². The van der Waals surface area contributed by atoms with Gasteiger partial charge in [-0.3, -0.25) is 4.79 Å². The van der Waals surface area contributed by atoms with E-state index >= 15 is 0 Å². The molecule has 102 valence electrons. The maximum absolute atomic E-state index is 11.3. The van der Waals surface area contributed by atoms with Crippen LogP contribution in [0.15, 0.2) is 30.3 Å². The summed E-state index contributed by atoms with van der Waals surface area (Å²) in [6.07, 6.45) is 2.98. The van der Waals surface area contributed by atoms with Crippen molar-refractivity contribution in [2.45, 2.75) is 20.3 Å². The minimum absolute atomic E-state index is 0.320. The molecule has 0 aromatic heterocycles. The number of carbonyl (C=O) groups excluding carboxylic acids is 2. The zero-order valence-corrected chi connectivity index (χ0v) is 11.3.